The number of fused-ring (bicyclic) bond motifs is 2. The summed E-state index contributed by atoms with van der Waals surface area (Å²) in [5.74, 6) is -1.57. The minimum absolute atomic E-state index is 0.00998. The maximum Gasteiger partial charge on any atom is 0.328 e. The van der Waals surface area contributed by atoms with Gasteiger partial charge in [-0.15, -0.1) is 0 Å². The zero-order chi connectivity index (χ0) is 34.9. The van der Waals surface area contributed by atoms with Gasteiger partial charge in [0.1, 0.15) is 40.1 Å². The second kappa shape index (κ2) is 13.7. The average molecular weight is 637 g/mol. The van der Waals surface area contributed by atoms with E-state index >= 15 is 0 Å². The van der Waals surface area contributed by atoms with Crippen molar-refractivity contribution in [2.24, 2.45) is 22.3 Å². The van der Waals surface area contributed by atoms with Gasteiger partial charge in [0.25, 0.3) is 0 Å². The molecule has 46 heavy (non-hydrogen) atoms. The predicted molar refractivity (Wildman–Crippen MR) is 181 cm³/mol. The summed E-state index contributed by atoms with van der Waals surface area (Å²) in [4.78, 5) is 40.5. The molecule has 2 aromatic carbocycles. The molecule has 1 heterocycles. The lowest BCUT2D eigenvalue weighted by Crippen LogP contribution is -2.44. The van der Waals surface area contributed by atoms with Gasteiger partial charge in [-0.05, 0) is 51.4 Å². The normalized spacial score (nSPS) is 13.2. The third-order valence-electron chi connectivity index (χ3n) is 7.74. The van der Waals surface area contributed by atoms with Crippen LogP contribution >= 0.6 is 0 Å². The summed E-state index contributed by atoms with van der Waals surface area (Å²) in [6.45, 7) is 18.5. The molecule has 10 heteroatoms. The smallest absolute Gasteiger partial charge is 0.328 e. The summed E-state index contributed by atoms with van der Waals surface area (Å²) in [7, 11) is 1.41. The molecule has 0 radical (unpaired) electrons. The summed E-state index contributed by atoms with van der Waals surface area (Å²) in [6, 6.07) is 0.875. The van der Waals surface area contributed by atoms with Crippen LogP contribution in [0.4, 0.5) is 0 Å². The van der Waals surface area contributed by atoms with E-state index in [9.17, 15) is 19.5 Å². The fourth-order valence-electron chi connectivity index (χ4n) is 4.65. The molecule has 250 valence electrons. The first-order chi connectivity index (χ1) is 21.2. The number of esters is 2. The Morgan fingerprint density at radius 1 is 0.804 bits per heavy atom. The van der Waals surface area contributed by atoms with Crippen molar-refractivity contribution >= 4 is 33.9 Å². The second-order valence-electron chi connectivity index (χ2n) is 14.3. The first-order valence-electron chi connectivity index (χ1n) is 15.3. The standard InChI is InChI=1S/C36H48N2O8/c1-18(2)12-14-20-22(45-33(41)31(37)35(5,6)7)16-24-27(28(20)39)29(40)26-21(15-13-19(3)4)30(43-11)25(17-23(26)44-24)46-34(42)32(38)36(8,9)10/h12-13,16-17,31-32,39H,14-15,37-38H2,1-11H3/t31-,32-/m0/s1. The summed E-state index contributed by atoms with van der Waals surface area (Å²) < 4.78 is 23.4. The van der Waals surface area contributed by atoms with Gasteiger partial charge in [0.2, 0.25) is 5.43 Å². The highest BCUT2D eigenvalue weighted by atomic mass is 16.6. The number of benzene rings is 2. The van der Waals surface area contributed by atoms with Gasteiger partial charge in [-0.1, -0.05) is 64.8 Å². The van der Waals surface area contributed by atoms with Gasteiger partial charge < -0.3 is 35.2 Å². The van der Waals surface area contributed by atoms with Gasteiger partial charge in [0, 0.05) is 23.3 Å². The van der Waals surface area contributed by atoms with E-state index in [-0.39, 0.29) is 63.3 Å². The summed E-state index contributed by atoms with van der Waals surface area (Å²) in [6.07, 6.45) is 4.15. The highest BCUT2D eigenvalue weighted by Crippen LogP contribution is 2.42. The minimum atomic E-state index is -0.966. The Morgan fingerprint density at radius 2 is 1.24 bits per heavy atom. The quantitative estimate of drug-likeness (QED) is 0.106. The number of phenolic OH excluding ortho intramolecular Hbond substituents is 1. The van der Waals surface area contributed by atoms with Gasteiger partial charge in [-0.2, -0.15) is 0 Å². The van der Waals surface area contributed by atoms with Gasteiger partial charge >= 0.3 is 11.9 Å². The van der Waals surface area contributed by atoms with Crippen LogP contribution in [0.1, 0.15) is 80.4 Å². The van der Waals surface area contributed by atoms with Crippen molar-refractivity contribution in [1.82, 2.24) is 0 Å². The van der Waals surface area contributed by atoms with Crippen LogP contribution in [-0.4, -0.2) is 36.2 Å². The predicted octanol–water partition coefficient (Wildman–Crippen LogP) is 6.24. The highest BCUT2D eigenvalue weighted by Gasteiger charge is 2.33. The van der Waals surface area contributed by atoms with E-state index in [2.05, 4.69) is 0 Å². The molecule has 0 saturated heterocycles. The largest absolute Gasteiger partial charge is 0.507 e. The van der Waals surface area contributed by atoms with Crippen LogP contribution in [0.25, 0.3) is 21.9 Å². The zero-order valence-corrected chi connectivity index (χ0v) is 28.8. The number of hydrogen-bond donors (Lipinski definition) is 3. The molecular weight excluding hydrogens is 588 g/mol. The Balaban J connectivity index is 2.43. The number of rotatable bonds is 9. The molecular formula is C36H48N2O8. The molecule has 0 saturated carbocycles. The summed E-state index contributed by atoms with van der Waals surface area (Å²) in [5, 5.41) is 11.7. The fourth-order valence-corrected chi connectivity index (χ4v) is 4.65. The summed E-state index contributed by atoms with van der Waals surface area (Å²) >= 11 is 0. The van der Waals surface area contributed by atoms with Crippen LogP contribution < -0.4 is 31.1 Å². The average Bonchev–Trinajstić information content (AvgIpc) is 2.93. The Labute approximate surface area is 270 Å². The van der Waals surface area contributed by atoms with Crippen LogP contribution in [0.5, 0.6) is 23.0 Å². The minimum Gasteiger partial charge on any atom is -0.507 e. The number of nitrogens with two attached hydrogens (primary N) is 2. The van der Waals surface area contributed by atoms with Crippen LogP contribution in [0.15, 0.2) is 44.6 Å². The fraction of sp³-hybridized carbons (Fsp3) is 0.472. The number of ether oxygens (including phenoxy) is 3. The van der Waals surface area contributed by atoms with E-state index < -0.39 is 40.3 Å². The molecule has 3 aromatic rings. The number of carbonyl (C=O) groups is 2. The maximum absolute atomic E-state index is 14.3. The molecule has 3 rings (SSSR count). The third-order valence-corrected chi connectivity index (χ3v) is 7.74. The van der Waals surface area contributed by atoms with Crippen molar-refractivity contribution in [3.8, 4) is 23.0 Å². The Bertz CT molecular complexity index is 1780. The molecule has 0 aliphatic rings. The van der Waals surface area contributed by atoms with Gasteiger partial charge in [0.05, 0.1) is 12.5 Å². The van der Waals surface area contributed by atoms with Gasteiger partial charge in [-0.25, -0.2) is 9.59 Å². The number of allylic oxidation sites excluding steroid dienone is 4. The van der Waals surface area contributed by atoms with E-state index in [1.807, 2.05) is 81.4 Å². The molecule has 1 aromatic heterocycles. The van der Waals surface area contributed by atoms with Crippen LogP contribution in [0.2, 0.25) is 0 Å². The molecule has 0 unspecified atom stereocenters. The molecule has 0 fully saturated rings. The van der Waals surface area contributed by atoms with Crippen molar-refractivity contribution < 1.29 is 33.3 Å². The van der Waals surface area contributed by atoms with Crippen molar-refractivity contribution in [2.75, 3.05) is 7.11 Å². The molecule has 5 N–H and O–H groups in total. The number of phenols is 1. The van der Waals surface area contributed by atoms with Crippen LogP contribution in [0, 0.1) is 10.8 Å². The first kappa shape index (κ1) is 36.3. The lowest BCUT2D eigenvalue weighted by Gasteiger charge is -2.25. The lowest BCUT2D eigenvalue weighted by atomic mass is 9.87. The first-order valence-corrected chi connectivity index (χ1v) is 15.3. The molecule has 10 nitrogen and oxygen atoms in total. The Hall–Kier alpha value is -4.15. The highest BCUT2D eigenvalue weighted by molar-refractivity contribution is 5.98. The molecule has 0 aliphatic heterocycles. The van der Waals surface area contributed by atoms with Crippen molar-refractivity contribution in [2.45, 2.75) is 94.2 Å². The van der Waals surface area contributed by atoms with Crippen molar-refractivity contribution in [3.63, 3.8) is 0 Å². The third kappa shape index (κ3) is 7.79. The SMILES string of the molecule is COc1c(OC(=O)[C@H](N)C(C)(C)C)cc2oc3cc(OC(=O)[C@H](N)C(C)(C)C)c(CC=C(C)C)c(O)c3c(=O)c2c1CC=C(C)C. The summed E-state index contributed by atoms with van der Waals surface area (Å²) in [5.41, 5.74) is 13.2. The Morgan fingerprint density at radius 3 is 1.70 bits per heavy atom. The number of carbonyl (C=O) groups excluding carboxylic acids is 2. The molecule has 0 bridgehead atoms. The second-order valence-corrected chi connectivity index (χ2v) is 14.3. The van der Waals surface area contributed by atoms with E-state index in [0.717, 1.165) is 11.1 Å². The van der Waals surface area contributed by atoms with Crippen LogP contribution in [-0.2, 0) is 22.4 Å². The van der Waals surface area contributed by atoms with E-state index in [4.69, 9.17) is 30.1 Å². The van der Waals surface area contributed by atoms with Gasteiger partial charge in [-0.3, -0.25) is 4.79 Å². The van der Waals surface area contributed by atoms with Crippen LogP contribution in [0.3, 0.4) is 0 Å². The lowest BCUT2D eigenvalue weighted by molar-refractivity contribution is -0.139. The zero-order valence-electron chi connectivity index (χ0n) is 28.8. The number of aromatic hydroxyl groups is 1. The topological polar surface area (TPSA) is 164 Å². The van der Waals surface area contributed by atoms with E-state index in [1.54, 1.807) is 0 Å². The number of methoxy groups -OCH3 is 1. The maximum atomic E-state index is 14.3. The van der Waals surface area contributed by atoms with Crippen molar-refractivity contribution in [1.29, 1.82) is 0 Å². The Kier molecular flexibility index (Phi) is 10.8. The molecule has 0 spiro atoms. The molecule has 0 amide bonds. The van der Waals surface area contributed by atoms with Gasteiger partial charge in [0.15, 0.2) is 11.5 Å². The molecule has 0 aliphatic carbocycles. The monoisotopic (exact) mass is 636 g/mol. The molecule has 2 atom stereocenters. The van der Waals surface area contributed by atoms with E-state index in [0.29, 0.717) is 5.56 Å². The van der Waals surface area contributed by atoms with Crippen molar-refractivity contribution in [3.05, 3.63) is 56.8 Å². The van der Waals surface area contributed by atoms with E-state index in [1.165, 1.54) is 19.2 Å². The number of hydrogen-bond acceptors (Lipinski definition) is 10.